The Bertz CT molecular complexity index is 175. The van der Waals surface area contributed by atoms with Crippen molar-refractivity contribution in [2.24, 2.45) is 23.7 Å². The summed E-state index contributed by atoms with van der Waals surface area (Å²) in [4.78, 5) is 10.8. The Morgan fingerprint density at radius 2 is 1.24 bits per heavy atom. The lowest BCUT2D eigenvalue weighted by Gasteiger charge is -2.08. The van der Waals surface area contributed by atoms with Gasteiger partial charge in [0.1, 0.15) is 0 Å². The van der Waals surface area contributed by atoms with Crippen LogP contribution in [0, 0.1) is 23.7 Å². The molecule has 0 aliphatic carbocycles. The number of hydrogen-bond acceptors (Lipinski definition) is 2. The minimum absolute atomic E-state index is 0.00116. The predicted molar refractivity (Wildman–Crippen MR) is 74.9 cm³/mol. The quantitative estimate of drug-likeness (QED) is 0.664. The summed E-state index contributed by atoms with van der Waals surface area (Å²) in [6.07, 6.45) is 1.36. The minimum atomic E-state index is -0.103. The van der Waals surface area contributed by atoms with Gasteiger partial charge in [0.15, 0.2) is 0 Å². The van der Waals surface area contributed by atoms with Crippen LogP contribution >= 0.6 is 0 Å². The zero-order valence-electron chi connectivity index (χ0n) is 13.0. The Morgan fingerprint density at radius 1 is 0.824 bits per heavy atom. The molecule has 104 valence electrons. The average molecular weight is 244 g/mol. The molecule has 0 rings (SSSR count). The second-order valence-corrected chi connectivity index (χ2v) is 6.20. The van der Waals surface area contributed by atoms with Gasteiger partial charge >= 0.3 is 5.97 Å². The van der Waals surface area contributed by atoms with Crippen LogP contribution in [-0.2, 0) is 9.53 Å². The van der Waals surface area contributed by atoms with Crippen molar-refractivity contribution in [2.75, 3.05) is 6.61 Å². The summed E-state index contributed by atoms with van der Waals surface area (Å²) in [6, 6.07) is 0. The highest BCUT2D eigenvalue weighted by Crippen LogP contribution is 2.08. The third-order valence-corrected chi connectivity index (χ3v) is 1.97. The van der Waals surface area contributed by atoms with E-state index in [1.807, 2.05) is 27.7 Å². The zero-order valence-corrected chi connectivity index (χ0v) is 13.0. The molecular formula is C15H32O2. The predicted octanol–water partition coefficient (Wildman–Crippen LogP) is 4.53. The number of hydrogen-bond donors (Lipinski definition) is 0. The van der Waals surface area contributed by atoms with Crippen LogP contribution in [0.1, 0.15) is 61.8 Å². The van der Waals surface area contributed by atoms with Gasteiger partial charge in [-0.3, -0.25) is 4.79 Å². The maximum Gasteiger partial charge on any atom is 0.308 e. The monoisotopic (exact) mass is 244 g/mol. The molecule has 0 saturated heterocycles. The Labute approximate surface area is 108 Å². The van der Waals surface area contributed by atoms with Gasteiger partial charge in [-0.25, -0.2) is 0 Å². The summed E-state index contributed by atoms with van der Waals surface area (Å²) in [7, 11) is 0. The largest absolute Gasteiger partial charge is 0.465 e. The fourth-order valence-corrected chi connectivity index (χ4v) is 1.36. The molecule has 17 heavy (non-hydrogen) atoms. The first-order valence-corrected chi connectivity index (χ1v) is 6.83. The van der Waals surface area contributed by atoms with Crippen molar-refractivity contribution in [3.8, 4) is 0 Å². The summed E-state index contributed by atoms with van der Waals surface area (Å²) in [6.45, 7) is 17.3. The fourth-order valence-electron chi connectivity index (χ4n) is 1.36. The van der Waals surface area contributed by atoms with Gasteiger partial charge in [0.2, 0.25) is 0 Å². The lowest BCUT2D eigenvalue weighted by atomic mass is 10.0. The van der Waals surface area contributed by atoms with Crippen LogP contribution in [0.3, 0.4) is 0 Å². The second-order valence-electron chi connectivity index (χ2n) is 6.20. The number of rotatable bonds is 5. The Kier molecular flexibility index (Phi) is 11.8. The van der Waals surface area contributed by atoms with Gasteiger partial charge in [-0.1, -0.05) is 55.4 Å². The molecule has 0 aliphatic rings. The van der Waals surface area contributed by atoms with Crippen molar-refractivity contribution in [3.63, 3.8) is 0 Å². The third-order valence-electron chi connectivity index (χ3n) is 1.97. The van der Waals surface area contributed by atoms with Crippen molar-refractivity contribution in [1.29, 1.82) is 0 Å². The van der Waals surface area contributed by atoms with Crippen LogP contribution < -0.4 is 0 Å². The molecule has 0 N–H and O–H groups in total. The van der Waals surface area contributed by atoms with E-state index in [-0.39, 0.29) is 11.9 Å². The standard InChI is InChI=1S/C8H16O2.C7H16/c1-6(2)5-10-8(9)7(3)4;1-6(2)5-7(3)4/h6-7H,5H2,1-4H3;6-7H,5H2,1-4H3. The molecule has 0 aromatic carbocycles. The van der Waals surface area contributed by atoms with Gasteiger partial charge < -0.3 is 4.74 Å². The van der Waals surface area contributed by atoms with Crippen molar-refractivity contribution >= 4 is 5.97 Å². The summed E-state index contributed by atoms with van der Waals surface area (Å²) in [5.41, 5.74) is 0. The van der Waals surface area contributed by atoms with Crippen LogP contribution in [0.4, 0.5) is 0 Å². The van der Waals surface area contributed by atoms with E-state index in [0.29, 0.717) is 12.5 Å². The Morgan fingerprint density at radius 3 is 1.41 bits per heavy atom. The molecule has 0 saturated carbocycles. The summed E-state index contributed by atoms with van der Waals surface area (Å²) in [5.74, 6) is 2.08. The second kappa shape index (κ2) is 10.6. The van der Waals surface area contributed by atoms with Crippen molar-refractivity contribution < 1.29 is 9.53 Å². The van der Waals surface area contributed by atoms with E-state index in [0.717, 1.165) is 11.8 Å². The third kappa shape index (κ3) is 18.1. The highest BCUT2D eigenvalue weighted by Gasteiger charge is 2.07. The lowest BCUT2D eigenvalue weighted by Crippen LogP contribution is -2.14. The summed E-state index contributed by atoms with van der Waals surface area (Å²) in [5, 5.41) is 0. The lowest BCUT2D eigenvalue weighted by molar-refractivity contribution is -0.148. The maximum absolute atomic E-state index is 10.8. The fraction of sp³-hybridized carbons (Fsp3) is 0.933. The first-order valence-electron chi connectivity index (χ1n) is 6.83. The smallest absolute Gasteiger partial charge is 0.308 e. The van der Waals surface area contributed by atoms with Crippen LogP contribution in [0.2, 0.25) is 0 Å². The number of ether oxygens (including phenoxy) is 1. The van der Waals surface area contributed by atoms with E-state index in [9.17, 15) is 4.79 Å². The van der Waals surface area contributed by atoms with Crippen molar-refractivity contribution in [3.05, 3.63) is 0 Å². The molecule has 0 radical (unpaired) electrons. The van der Waals surface area contributed by atoms with E-state index >= 15 is 0 Å². The normalized spacial score (nSPS) is 10.8. The van der Waals surface area contributed by atoms with Crippen LogP contribution in [0.5, 0.6) is 0 Å². The molecule has 0 aromatic rings. The Balaban J connectivity index is 0. The molecule has 0 bridgehead atoms. The van der Waals surface area contributed by atoms with E-state index < -0.39 is 0 Å². The molecule has 0 aromatic heterocycles. The molecule has 0 spiro atoms. The van der Waals surface area contributed by atoms with Gasteiger partial charge in [0, 0.05) is 0 Å². The van der Waals surface area contributed by atoms with Gasteiger partial charge in [-0.15, -0.1) is 0 Å². The van der Waals surface area contributed by atoms with Gasteiger partial charge in [0.05, 0.1) is 12.5 Å². The SMILES string of the molecule is CC(C)CC(C)C.CC(C)COC(=O)C(C)C. The molecule has 0 heterocycles. The van der Waals surface area contributed by atoms with E-state index in [1.54, 1.807) is 0 Å². The van der Waals surface area contributed by atoms with Gasteiger partial charge in [0.25, 0.3) is 0 Å². The summed E-state index contributed by atoms with van der Waals surface area (Å²) >= 11 is 0. The zero-order chi connectivity index (χ0) is 14.0. The number of carbonyl (C=O) groups is 1. The van der Waals surface area contributed by atoms with Gasteiger partial charge in [-0.2, -0.15) is 0 Å². The molecule has 0 aliphatic heterocycles. The molecule has 2 nitrogen and oxygen atoms in total. The average Bonchev–Trinajstić information content (AvgIpc) is 2.12. The molecule has 0 atom stereocenters. The van der Waals surface area contributed by atoms with Gasteiger partial charge in [-0.05, 0) is 24.2 Å². The molecule has 0 fully saturated rings. The topological polar surface area (TPSA) is 26.3 Å². The first kappa shape index (κ1) is 18.8. The van der Waals surface area contributed by atoms with Crippen molar-refractivity contribution in [2.45, 2.75) is 61.8 Å². The van der Waals surface area contributed by atoms with Crippen LogP contribution in [0.25, 0.3) is 0 Å². The van der Waals surface area contributed by atoms with E-state index in [4.69, 9.17) is 4.74 Å². The first-order chi connectivity index (χ1) is 7.66. The van der Waals surface area contributed by atoms with E-state index in [2.05, 4.69) is 27.7 Å². The van der Waals surface area contributed by atoms with Crippen LogP contribution in [-0.4, -0.2) is 12.6 Å². The number of carbonyl (C=O) groups excluding carboxylic acids is 1. The highest BCUT2D eigenvalue weighted by atomic mass is 16.5. The van der Waals surface area contributed by atoms with E-state index in [1.165, 1.54) is 6.42 Å². The maximum atomic E-state index is 10.8. The van der Waals surface area contributed by atoms with Crippen LogP contribution in [0.15, 0.2) is 0 Å². The molecule has 2 heteroatoms. The summed E-state index contributed by atoms with van der Waals surface area (Å²) < 4.78 is 4.93. The highest BCUT2D eigenvalue weighted by molar-refractivity contribution is 5.71. The minimum Gasteiger partial charge on any atom is -0.465 e. The molecule has 0 unspecified atom stereocenters. The molecular weight excluding hydrogens is 212 g/mol. The molecule has 0 amide bonds. The number of esters is 1. The Hall–Kier alpha value is -0.530. The van der Waals surface area contributed by atoms with Crippen molar-refractivity contribution in [1.82, 2.24) is 0 Å².